The van der Waals surface area contributed by atoms with Crippen molar-refractivity contribution in [1.29, 1.82) is 0 Å². The Balaban J connectivity index is 1.70. The van der Waals surface area contributed by atoms with Crippen molar-refractivity contribution >= 4 is 17.5 Å². The molecule has 2 aromatic rings. The SMILES string of the molecule is CC1CCN(c2cc(NC(=O)c3cnccn3)ncn2)CC1. The van der Waals surface area contributed by atoms with Gasteiger partial charge in [-0.1, -0.05) is 6.92 Å². The van der Waals surface area contributed by atoms with E-state index < -0.39 is 0 Å². The third-order valence-electron chi connectivity index (χ3n) is 3.80. The summed E-state index contributed by atoms with van der Waals surface area (Å²) in [5.74, 6) is 1.74. The third-order valence-corrected chi connectivity index (χ3v) is 3.80. The average Bonchev–Trinajstić information content (AvgIpc) is 2.56. The molecule has 1 fully saturated rings. The van der Waals surface area contributed by atoms with E-state index in [-0.39, 0.29) is 11.6 Å². The molecule has 2 aromatic heterocycles. The van der Waals surface area contributed by atoms with E-state index in [9.17, 15) is 4.79 Å². The highest BCUT2D eigenvalue weighted by molar-refractivity contribution is 6.02. The molecule has 0 unspecified atom stereocenters. The second-order valence-electron chi connectivity index (χ2n) is 5.48. The predicted octanol–water partition coefficient (Wildman–Crippen LogP) is 1.76. The smallest absolute Gasteiger partial charge is 0.277 e. The van der Waals surface area contributed by atoms with Gasteiger partial charge < -0.3 is 10.2 Å². The lowest BCUT2D eigenvalue weighted by Gasteiger charge is -2.31. The Morgan fingerprint density at radius 1 is 1.23 bits per heavy atom. The molecular formula is C15H18N6O. The highest BCUT2D eigenvalue weighted by Gasteiger charge is 2.17. The summed E-state index contributed by atoms with van der Waals surface area (Å²) in [5.41, 5.74) is 0.259. The Hall–Kier alpha value is -2.57. The summed E-state index contributed by atoms with van der Waals surface area (Å²) in [6.07, 6.45) is 8.21. The van der Waals surface area contributed by atoms with Crippen LogP contribution in [0.2, 0.25) is 0 Å². The summed E-state index contributed by atoms with van der Waals surface area (Å²) in [5, 5.41) is 2.73. The fourth-order valence-corrected chi connectivity index (χ4v) is 2.42. The molecule has 3 heterocycles. The van der Waals surface area contributed by atoms with Crippen LogP contribution in [0.5, 0.6) is 0 Å². The maximum absolute atomic E-state index is 12.1. The van der Waals surface area contributed by atoms with E-state index >= 15 is 0 Å². The molecule has 0 atom stereocenters. The van der Waals surface area contributed by atoms with Crippen LogP contribution in [-0.4, -0.2) is 38.9 Å². The second kappa shape index (κ2) is 6.46. The van der Waals surface area contributed by atoms with Gasteiger partial charge in [0.25, 0.3) is 5.91 Å². The quantitative estimate of drug-likeness (QED) is 0.929. The van der Waals surface area contributed by atoms with Gasteiger partial charge in [-0.3, -0.25) is 9.78 Å². The van der Waals surface area contributed by atoms with E-state index in [1.807, 2.05) is 0 Å². The fourth-order valence-electron chi connectivity index (χ4n) is 2.42. The first-order valence-electron chi connectivity index (χ1n) is 7.37. The molecule has 1 aliphatic rings. The Labute approximate surface area is 128 Å². The van der Waals surface area contributed by atoms with E-state index in [0.29, 0.717) is 5.82 Å². The Bertz CT molecular complexity index is 639. The number of aromatic nitrogens is 4. The second-order valence-corrected chi connectivity index (χ2v) is 5.48. The average molecular weight is 298 g/mol. The van der Waals surface area contributed by atoms with Crippen molar-refractivity contribution in [2.45, 2.75) is 19.8 Å². The van der Waals surface area contributed by atoms with Crippen LogP contribution in [0.25, 0.3) is 0 Å². The van der Waals surface area contributed by atoms with Crippen molar-refractivity contribution in [3.8, 4) is 0 Å². The van der Waals surface area contributed by atoms with Crippen LogP contribution in [0.3, 0.4) is 0 Å². The molecule has 0 spiro atoms. The predicted molar refractivity (Wildman–Crippen MR) is 82.6 cm³/mol. The molecule has 7 nitrogen and oxygen atoms in total. The van der Waals surface area contributed by atoms with Crippen molar-refractivity contribution in [3.63, 3.8) is 0 Å². The number of rotatable bonds is 3. The largest absolute Gasteiger partial charge is 0.356 e. The van der Waals surface area contributed by atoms with Crippen molar-refractivity contribution in [2.75, 3.05) is 23.3 Å². The summed E-state index contributed by atoms with van der Waals surface area (Å²) in [7, 11) is 0. The number of piperidine rings is 1. The van der Waals surface area contributed by atoms with Gasteiger partial charge in [-0.2, -0.15) is 0 Å². The molecule has 0 bridgehead atoms. The van der Waals surface area contributed by atoms with E-state index in [4.69, 9.17) is 0 Å². The Morgan fingerprint density at radius 3 is 2.77 bits per heavy atom. The summed E-state index contributed by atoms with van der Waals surface area (Å²) in [6.45, 7) is 4.23. The van der Waals surface area contributed by atoms with Gasteiger partial charge in [0.2, 0.25) is 0 Å². The van der Waals surface area contributed by atoms with Gasteiger partial charge in [0.05, 0.1) is 6.20 Å². The number of nitrogens with one attached hydrogen (secondary N) is 1. The maximum atomic E-state index is 12.1. The van der Waals surface area contributed by atoms with Crippen LogP contribution in [0, 0.1) is 5.92 Å². The topological polar surface area (TPSA) is 83.9 Å². The van der Waals surface area contributed by atoms with Crippen LogP contribution in [0.1, 0.15) is 30.3 Å². The Kier molecular flexibility index (Phi) is 4.22. The lowest BCUT2D eigenvalue weighted by atomic mass is 9.99. The first-order valence-corrected chi connectivity index (χ1v) is 7.37. The zero-order valence-corrected chi connectivity index (χ0v) is 12.4. The summed E-state index contributed by atoms with van der Waals surface area (Å²) >= 11 is 0. The van der Waals surface area contributed by atoms with Crippen LogP contribution in [-0.2, 0) is 0 Å². The molecule has 0 saturated carbocycles. The monoisotopic (exact) mass is 298 g/mol. The summed E-state index contributed by atoms with van der Waals surface area (Å²) in [6, 6.07) is 1.80. The summed E-state index contributed by atoms with van der Waals surface area (Å²) < 4.78 is 0. The fraction of sp³-hybridized carbons (Fsp3) is 0.400. The zero-order chi connectivity index (χ0) is 15.4. The molecular weight excluding hydrogens is 280 g/mol. The molecule has 22 heavy (non-hydrogen) atoms. The molecule has 0 aliphatic carbocycles. The molecule has 1 amide bonds. The van der Waals surface area contributed by atoms with E-state index in [1.54, 1.807) is 6.07 Å². The van der Waals surface area contributed by atoms with Crippen LogP contribution >= 0.6 is 0 Å². The minimum absolute atomic E-state index is 0.259. The number of carbonyl (C=O) groups is 1. The first-order chi connectivity index (χ1) is 10.7. The van der Waals surface area contributed by atoms with E-state index in [1.165, 1.54) is 24.9 Å². The minimum Gasteiger partial charge on any atom is -0.356 e. The molecule has 1 N–H and O–H groups in total. The highest BCUT2D eigenvalue weighted by atomic mass is 16.1. The number of anilines is 2. The van der Waals surface area contributed by atoms with Crippen molar-refractivity contribution in [2.24, 2.45) is 5.92 Å². The van der Waals surface area contributed by atoms with Crippen molar-refractivity contribution in [3.05, 3.63) is 36.7 Å². The van der Waals surface area contributed by atoms with Gasteiger partial charge in [0.15, 0.2) is 0 Å². The molecule has 0 aromatic carbocycles. The number of hydrogen-bond donors (Lipinski definition) is 1. The minimum atomic E-state index is -0.329. The van der Waals surface area contributed by atoms with E-state index in [0.717, 1.165) is 37.7 Å². The zero-order valence-electron chi connectivity index (χ0n) is 12.4. The maximum Gasteiger partial charge on any atom is 0.277 e. The number of nitrogens with zero attached hydrogens (tertiary/aromatic N) is 5. The van der Waals surface area contributed by atoms with Gasteiger partial charge in [-0.25, -0.2) is 15.0 Å². The van der Waals surface area contributed by atoms with E-state index in [2.05, 4.69) is 37.1 Å². The van der Waals surface area contributed by atoms with Gasteiger partial charge in [0.1, 0.15) is 23.7 Å². The standard InChI is InChI=1S/C15H18N6O/c1-11-2-6-21(7-3-11)14-8-13(18-10-19-14)20-15(22)12-9-16-4-5-17-12/h4-5,8-11H,2-3,6-7H2,1H3,(H,18,19,20,22). The lowest BCUT2D eigenvalue weighted by molar-refractivity contribution is 0.102. The van der Waals surface area contributed by atoms with Gasteiger partial charge in [0, 0.05) is 31.5 Å². The molecule has 3 rings (SSSR count). The lowest BCUT2D eigenvalue weighted by Crippen LogP contribution is -2.33. The van der Waals surface area contributed by atoms with Gasteiger partial charge >= 0.3 is 0 Å². The normalized spacial score (nSPS) is 15.6. The number of carbonyl (C=O) groups excluding carboxylic acids is 1. The molecule has 114 valence electrons. The van der Waals surface area contributed by atoms with Crippen molar-refractivity contribution in [1.82, 2.24) is 19.9 Å². The van der Waals surface area contributed by atoms with Crippen molar-refractivity contribution < 1.29 is 4.79 Å². The molecule has 7 heteroatoms. The summed E-state index contributed by atoms with van der Waals surface area (Å²) in [4.78, 5) is 30.5. The third kappa shape index (κ3) is 3.36. The van der Waals surface area contributed by atoms with Gasteiger partial charge in [-0.05, 0) is 18.8 Å². The van der Waals surface area contributed by atoms with Crippen LogP contribution in [0.4, 0.5) is 11.6 Å². The van der Waals surface area contributed by atoms with Gasteiger partial charge in [-0.15, -0.1) is 0 Å². The molecule has 0 radical (unpaired) electrons. The highest BCUT2D eigenvalue weighted by Crippen LogP contribution is 2.22. The number of amides is 1. The van der Waals surface area contributed by atoms with Crippen LogP contribution in [0.15, 0.2) is 31.0 Å². The number of hydrogen-bond acceptors (Lipinski definition) is 6. The molecule has 1 saturated heterocycles. The Morgan fingerprint density at radius 2 is 2.05 bits per heavy atom. The first kappa shape index (κ1) is 14.4. The van der Waals surface area contributed by atoms with Crippen LogP contribution < -0.4 is 10.2 Å². The molecule has 1 aliphatic heterocycles.